The second-order valence-electron chi connectivity index (χ2n) is 8.77. The van der Waals surface area contributed by atoms with E-state index in [1.807, 2.05) is 32.0 Å². The Morgan fingerprint density at radius 3 is 2.20 bits per heavy atom. The van der Waals surface area contributed by atoms with Gasteiger partial charge in [0, 0.05) is 6.42 Å². The third-order valence-electron chi connectivity index (χ3n) is 5.77. The predicted molar refractivity (Wildman–Crippen MR) is 137 cm³/mol. The van der Waals surface area contributed by atoms with Crippen LogP contribution < -0.4 is 15.0 Å². The number of ether oxygens (including phenoxy) is 1. The van der Waals surface area contributed by atoms with E-state index in [2.05, 4.69) is 37.4 Å². The average molecular weight is 469 g/mol. The van der Waals surface area contributed by atoms with Crippen molar-refractivity contribution in [2.24, 2.45) is 0 Å². The van der Waals surface area contributed by atoms with Crippen LogP contribution in [0.1, 0.15) is 40.3 Å². The highest BCUT2D eigenvalue weighted by molar-refractivity contribution is 6.39. The van der Waals surface area contributed by atoms with Crippen LogP contribution in [0.15, 0.2) is 66.2 Å². The number of carbonyl (C=O) groups excluding carboxylic acids is 3. The van der Waals surface area contributed by atoms with Gasteiger partial charge >= 0.3 is 6.03 Å². The van der Waals surface area contributed by atoms with E-state index < -0.39 is 17.8 Å². The zero-order chi connectivity index (χ0) is 25.1. The summed E-state index contributed by atoms with van der Waals surface area (Å²) >= 11 is 0. The maximum atomic E-state index is 13.2. The first-order valence-electron chi connectivity index (χ1n) is 11.6. The van der Waals surface area contributed by atoms with Gasteiger partial charge in [-0.25, -0.2) is 9.69 Å². The standard InChI is InChI=1S/C29H28N2O4/c1-5-35-26-17-21(8-9-23(26)15-22-13-19(3)12-20(4)14-22)16-25-27(32)30-29(34)31(28(25)33)24-10-6-18(2)7-11-24/h6-14,16-17H,5,15H2,1-4H3,(H,30,32,34)/b25-16+. The average Bonchev–Trinajstić information content (AvgIpc) is 2.79. The smallest absolute Gasteiger partial charge is 0.335 e. The number of aryl methyl sites for hydroxylation is 3. The van der Waals surface area contributed by atoms with Gasteiger partial charge < -0.3 is 4.74 Å². The number of benzene rings is 3. The molecule has 4 amide bonds. The largest absolute Gasteiger partial charge is 0.494 e. The first kappa shape index (κ1) is 24.0. The predicted octanol–water partition coefficient (Wildman–Crippen LogP) is 5.27. The molecule has 1 N–H and O–H groups in total. The van der Waals surface area contributed by atoms with Gasteiger partial charge in [-0.3, -0.25) is 14.9 Å². The van der Waals surface area contributed by atoms with Crippen molar-refractivity contribution in [2.45, 2.75) is 34.1 Å². The summed E-state index contributed by atoms with van der Waals surface area (Å²) < 4.78 is 5.89. The van der Waals surface area contributed by atoms with E-state index in [-0.39, 0.29) is 5.57 Å². The van der Waals surface area contributed by atoms with Gasteiger partial charge in [-0.2, -0.15) is 0 Å². The Balaban J connectivity index is 1.67. The molecule has 3 aromatic carbocycles. The van der Waals surface area contributed by atoms with Gasteiger partial charge in [0.15, 0.2) is 0 Å². The zero-order valence-electron chi connectivity index (χ0n) is 20.3. The number of barbiturate groups is 1. The lowest BCUT2D eigenvalue weighted by Crippen LogP contribution is -2.54. The van der Waals surface area contributed by atoms with E-state index in [1.54, 1.807) is 24.3 Å². The van der Waals surface area contributed by atoms with Crippen LogP contribution in [0, 0.1) is 20.8 Å². The van der Waals surface area contributed by atoms with Crippen LogP contribution in [0.3, 0.4) is 0 Å². The van der Waals surface area contributed by atoms with Crippen molar-refractivity contribution < 1.29 is 19.1 Å². The number of rotatable bonds is 6. The number of imide groups is 2. The van der Waals surface area contributed by atoms with E-state index in [1.165, 1.54) is 22.8 Å². The second-order valence-corrected chi connectivity index (χ2v) is 8.77. The van der Waals surface area contributed by atoms with E-state index >= 15 is 0 Å². The molecule has 1 fully saturated rings. The van der Waals surface area contributed by atoms with Gasteiger partial charge in [-0.1, -0.05) is 59.2 Å². The van der Waals surface area contributed by atoms with Crippen molar-refractivity contribution in [1.29, 1.82) is 0 Å². The number of hydrogen-bond donors (Lipinski definition) is 1. The van der Waals surface area contributed by atoms with Crippen molar-refractivity contribution in [3.63, 3.8) is 0 Å². The van der Waals surface area contributed by atoms with Gasteiger partial charge in [0.05, 0.1) is 12.3 Å². The first-order chi connectivity index (χ1) is 16.7. The van der Waals surface area contributed by atoms with Crippen LogP contribution in [-0.4, -0.2) is 24.5 Å². The summed E-state index contributed by atoms with van der Waals surface area (Å²) in [6.07, 6.45) is 2.19. The minimum Gasteiger partial charge on any atom is -0.494 e. The fourth-order valence-electron chi connectivity index (χ4n) is 4.24. The van der Waals surface area contributed by atoms with Crippen molar-refractivity contribution in [3.05, 3.63) is 99.6 Å². The third kappa shape index (κ3) is 5.32. The van der Waals surface area contributed by atoms with E-state index in [9.17, 15) is 14.4 Å². The molecule has 0 aliphatic carbocycles. The van der Waals surface area contributed by atoms with Crippen LogP contribution in [-0.2, 0) is 16.0 Å². The maximum absolute atomic E-state index is 13.2. The molecule has 0 radical (unpaired) electrons. The Morgan fingerprint density at radius 1 is 0.857 bits per heavy atom. The lowest BCUT2D eigenvalue weighted by molar-refractivity contribution is -0.122. The lowest BCUT2D eigenvalue weighted by Gasteiger charge is -2.26. The maximum Gasteiger partial charge on any atom is 0.335 e. The van der Waals surface area contributed by atoms with Crippen LogP contribution >= 0.6 is 0 Å². The van der Waals surface area contributed by atoms with Gasteiger partial charge in [0.2, 0.25) is 0 Å². The van der Waals surface area contributed by atoms with Crippen LogP contribution in [0.5, 0.6) is 5.75 Å². The summed E-state index contributed by atoms with van der Waals surface area (Å²) in [5.74, 6) is -0.698. The molecule has 35 heavy (non-hydrogen) atoms. The number of anilines is 1. The Labute approximate surface area is 205 Å². The zero-order valence-corrected chi connectivity index (χ0v) is 20.3. The molecular weight excluding hydrogens is 440 g/mol. The molecule has 0 aromatic heterocycles. The Bertz CT molecular complexity index is 1320. The number of hydrogen-bond acceptors (Lipinski definition) is 4. The van der Waals surface area contributed by atoms with Gasteiger partial charge in [0.1, 0.15) is 11.3 Å². The monoisotopic (exact) mass is 468 g/mol. The topological polar surface area (TPSA) is 75.7 Å². The minimum atomic E-state index is -0.764. The quantitative estimate of drug-likeness (QED) is 0.395. The molecule has 0 spiro atoms. The molecule has 1 aliphatic rings. The second kappa shape index (κ2) is 9.97. The van der Waals surface area contributed by atoms with Crippen molar-refractivity contribution in [1.82, 2.24) is 5.32 Å². The Kier molecular flexibility index (Phi) is 6.82. The molecule has 0 bridgehead atoms. The number of carbonyl (C=O) groups is 3. The van der Waals surface area contributed by atoms with Crippen molar-refractivity contribution in [2.75, 3.05) is 11.5 Å². The SMILES string of the molecule is CCOc1cc(/C=C2\C(=O)NC(=O)N(c3ccc(C)cc3)C2=O)ccc1Cc1cc(C)cc(C)c1. The molecule has 0 atom stereocenters. The summed E-state index contributed by atoms with van der Waals surface area (Å²) in [6, 6.07) is 18.3. The summed E-state index contributed by atoms with van der Waals surface area (Å²) in [5, 5.41) is 2.27. The van der Waals surface area contributed by atoms with Crippen LogP contribution in [0.2, 0.25) is 0 Å². The van der Waals surface area contributed by atoms with Crippen LogP contribution in [0.4, 0.5) is 10.5 Å². The normalized spacial score (nSPS) is 14.9. The minimum absolute atomic E-state index is 0.116. The van der Waals surface area contributed by atoms with E-state index in [0.29, 0.717) is 30.0 Å². The molecule has 4 rings (SSSR count). The van der Waals surface area contributed by atoms with E-state index in [0.717, 1.165) is 16.0 Å². The summed E-state index contributed by atoms with van der Waals surface area (Å²) in [7, 11) is 0. The molecular formula is C29H28N2O4. The molecule has 1 heterocycles. The fourth-order valence-corrected chi connectivity index (χ4v) is 4.24. The van der Waals surface area contributed by atoms with E-state index in [4.69, 9.17) is 4.74 Å². The molecule has 6 nitrogen and oxygen atoms in total. The molecule has 1 saturated heterocycles. The highest BCUT2D eigenvalue weighted by Crippen LogP contribution is 2.27. The third-order valence-corrected chi connectivity index (χ3v) is 5.77. The van der Waals surface area contributed by atoms with Crippen molar-refractivity contribution >= 4 is 29.6 Å². The fraction of sp³-hybridized carbons (Fsp3) is 0.207. The summed E-state index contributed by atoms with van der Waals surface area (Å²) in [4.78, 5) is 39.1. The number of amides is 4. The summed E-state index contributed by atoms with van der Waals surface area (Å²) in [6.45, 7) is 8.46. The molecule has 3 aromatic rings. The highest BCUT2D eigenvalue weighted by atomic mass is 16.5. The number of urea groups is 1. The van der Waals surface area contributed by atoms with Gasteiger partial charge in [0.25, 0.3) is 11.8 Å². The molecule has 6 heteroatoms. The Hall–Kier alpha value is -4.19. The molecule has 178 valence electrons. The van der Waals surface area contributed by atoms with Crippen LogP contribution in [0.25, 0.3) is 6.08 Å². The summed E-state index contributed by atoms with van der Waals surface area (Å²) in [5.41, 5.74) is 6.51. The lowest BCUT2D eigenvalue weighted by atomic mass is 9.98. The molecule has 1 aliphatic heterocycles. The first-order valence-corrected chi connectivity index (χ1v) is 11.6. The molecule has 0 unspecified atom stereocenters. The molecule has 0 saturated carbocycles. The van der Waals surface area contributed by atoms with Gasteiger partial charge in [-0.05, 0) is 68.7 Å². The highest BCUT2D eigenvalue weighted by Gasteiger charge is 2.36. The number of nitrogens with one attached hydrogen (secondary N) is 1. The Morgan fingerprint density at radius 2 is 1.54 bits per heavy atom. The van der Waals surface area contributed by atoms with Crippen molar-refractivity contribution in [3.8, 4) is 5.75 Å². The van der Waals surface area contributed by atoms with Gasteiger partial charge in [-0.15, -0.1) is 0 Å². The number of nitrogens with zero attached hydrogens (tertiary/aromatic N) is 1.